The zero-order valence-corrected chi connectivity index (χ0v) is 79.4. The number of carbonyl (C=O) groups excluding carboxylic acids is 13. The summed E-state index contributed by atoms with van der Waals surface area (Å²) in [4.78, 5) is 181. The molecule has 43 nitrogen and oxygen atoms in total. The lowest BCUT2D eigenvalue weighted by molar-refractivity contribution is -0.346. The Bertz CT molecular complexity index is 4370. The van der Waals surface area contributed by atoms with E-state index in [0.717, 1.165) is 6.92 Å². The molecule has 15 atom stereocenters. The number of hydrogen-bond donors (Lipinski definition) is 11. The van der Waals surface area contributed by atoms with Gasteiger partial charge in [-0.3, -0.25) is 43.2 Å². The lowest BCUT2D eigenvalue weighted by atomic mass is 9.44. The van der Waals surface area contributed by atoms with Gasteiger partial charge < -0.3 is 148 Å². The normalized spacial score (nSPS) is 21.7. The first-order chi connectivity index (χ1) is 64.8. The van der Waals surface area contributed by atoms with Gasteiger partial charge in [-0.1, -0.05) is 74.5 Å². The molecule has 1 aliphatic heterocycles. The van der Waals surface area contributed by atoms with Crippen molar-refractivity contribution in [1.29, 1.82) is 0 Å². The molecule has 0 radical (unpaired) electrons. The summed E-state index contributed by atoms with van der Waals surface area (Å²) in [5.41, 5.74) is -3.84. The first kappa shape index (κ1) is 113. The van der Waals surface area contributed by atoms with Gasteiger partial charge in [-0.2, -0.15) is 0 Å². The maximum Gasteiger partial charge on any atom is 0.509 e. The van der Waals surface area contributed by atoms with E-state index in [1.807, 2.05) is 0 Å². The van der Waals surface area contributed by atoms with Gasteiger partial charge in [-0.25, -0.2) is 19.2 Å². The first-order valence-electron chi connectivity index (χ1n) is 45.2. The Morgan fingerprint density at radius 1 is 0.588 bits per heavy atom. The van der Waals surface area contributed by atoms with E-state index in [1.165, 1.54) is 90.1 Å². The predicted octanol–water partition coefficient (Wildman–Crippen LogP) is 2.16. The summed E-state index contributed by atoms with van der Waals surface area (Å²) >= 11 is 0. The summed E-state index contributed by atoms with van der Waals surface area (Å²) in [5.74, 6) is -11.7. The third-order valence-corrected chi connectivity index (χ3v) is 23.1. The molecule has 3 aromatic carbocycles. The second-order valence-electron chi connectivity index (χ2n) is 34.5. The predicted molar refractivity (Wildman–Crippen MR) is 479 cm³/mol. The van der Waals surface area contributed by atoms with E-state index in [2.05, 4.69) is 37.2 Å². The molecule has 2 saturated carbocycles. The number of carbonyl (C=O) groups is 13. The molecule has 1 saturated heterocycles. The molecule has 3 aliphatic carbocycles. The van der Waals surface area contributed by atoms with E-state index < -0.39 is 210 Å². The Hall–Kier alpha value is -10.3. The van der Waals surface area contributed by atoms with Gasteiger partial charge in [-0.05, 0) is 114 Å². The number of nitrogens with one attached hydrogen (secondary N) is 7. The van der Waals surface area contributed by atoms with Crippen LogP contribution in [0.1, 0.15) is 135 Å². The topological polar surface area (TPSA) is 568 Å². The molecule has 0 spiro atoms. The lowest BCUT2D eigenvalue weighted by Gasteiger charge is -2.67. The number of ketones is 1. The fourth-order valence-electron chi connectivity index (χ4n) is 16.0. The van der Waals surface area contributed by atoms with E-state index >= 15 is 9.59 Å². The van der Waals surface area contributed by atoms with Gasteiger partial charge in [-0.15, -0.1) is 0 Å². The molecule has 7 rings (SSSR count). The minimum Gasteiger partial charge on any atom is -0.455 e. The molecule has 4 aliphatic rings. The van der Waals surface area contributed by atoms with Crippen molar-refractivity contribution in [1.82, 2.24) is 31.9 Å². The fourth-order valence-corrected chi connectivity index (χ4v) is 16.0. The van der Waals surface area contributed by atoms with Crippen LogP contribution in [0.3, 0.4) is 0 Å². The van der Waals surface area contributed by atoms with Crippen LogP contribution in [0, 0.1) is 16.7 Å². The number of fused-ring (bicyclic) bond motifs is 5. The minimum atomic E-state index is -2.57. The molecular formula is C93H136N8O35. The number of amides is 8. The van der Waals surface area contributed by atoms with Crippen molar-refractivity contribution in [3.63, 3.8) is 0 Å². The number of aliphatic hydroxyl groups excluding tert-OH is 2. The van der Waals surface area contributed by atoms with Crippen LogP contribution in [0.4, 0.5) is 15.3 Å². The summed E-state index contributed by atoms with van der Waals surface area (Å²) in [6.45, 7) is 19.2. The van der Waals surface area contributed by atoms with Crippen molar-refractivity contribution in [3.8, 4) is 0 Å². The molecular weight excluding hydrogens is 1790 g/mol. The van der Waals surface area contributed by atoms with Gasteiger partial charge in [0.05, 0.1) is 168 Å². The monoisotopic (exact) mass is 1920 g/mol. The number of nitrogens with two attached hydrogens (primary N) is 1. The van der Waals surface area contributed by atoms with Crippen LogP contribution >= 0.6 is 0 Å². The minimum absolute atomic E-state index is 0.00222. The van der Waals surface area contributed by atoms with Crippen LogP contribution in [0.15, 0.2) is 96.1 Å². The van der Waals surface area contributed by atoms with Crippen molar-refractivity contribution in [2.75, 3.05) is 178 Å². The summed E-state index contributed by atoms with van der Waals surface area (Å²) in [6.07, 6.45) is -14.7. The van der Waals surface area contributed by atoms with E-state index in [-0.39, 0.29) is 106 Å². The van der Waals surface area contributed by atoms with Crippen LogP contribution in [0.25, 0.3) is 0 Å². The third-order valence-electron chi connectivity index (χ3n) is 23.1. The van der Waals surface area contributed by atoms with Crippen molar-refractivity contribution in [3.05, 3.63) is 113 Å². The van der Waals surface area contributed by atoms with Gasteiger partial charge in [0, 0.05) is 51.6 Å². The lowest BCUT2D eigenvalue weighted by Crippen LogP contribution is -2.81. The Kier molecular flexibility index (Phi) is 46.8. The number of unbranched alkanes of at least 4 members (excludes halogenated alkanes) is 1. The number of esters is 3. The number of Topliss-reactive ketones (excluding diaryl/α,β-unsaturated/α-hetero) is 1. The first-order valence-corrected chi connectivity index (χ1v) is 45.2. The van der Waals surface area contributed by atoms with Gasteiger partial charge in [0.1, 0.15) is 85.6 Å². The summed E-state index contributed by atoms with van der Waals surface area (Å²) < 4.78 is 106. The second-order valence-corrected chi connectivity index (χ2v) is 34.5. The molecule has 136 heavy (non-hydrogen) atoms. The SMILES string of the molecule is COCCOCCOCCOCCOCCOCC(=O)NCCCC[C@H](NC(=O)COCCOCCOCCOCCOCCOC)C(=O)N[C@H](C)C(=O)N[C@H](C)C(=O)N[C@H](CC(N)=O)C(=O)Nc1ccc(COC(=O)O[C@@H](C(=O)O[C@H]2C[C@@]3(O)[C@@H](OC(=O)c4ccccc4)[C@H]4[C@](C)(C(=O)[C@H](O)C(=C2C)C3(C)C)[C@@H](O)CC2OC[C@]24OC(C)=O)[C@@H](NC(=O)OC(C)(C)C)c2ccccc2)cc1. The number of benzene rings is 3. The molecule has 43 heteroatoms. The molecule has 12 N–H and O–H groups in total. The summed E-state index contributed by atoms with van der Waals surface area (Å²) in [5, 5.41) is 56.8. The molecule has 1 unspecified atom stereocenters. The summed E-state index contributed by atoms with van der Waals surface area (Å²) in [7, 11) is 3.18. The smallest absolute Gasteiger partial charge is 0.455 e. The number of rotatable bonds is 61. The van der Waals surface area contributed by atoms with Crippen LogP contribution in [0.2, 0.25) is 0 Å². The Balaban J connectivity index is 0.969. The maximum atomic E-state index is 15.5. The van der Waals surface area contributed by atoms with Gasteiger partial charge >= 0.3 is 30.2 Å². The number of ether oxygens (including phenoxy) is 19. The average molecular weight is 1930 g/mol. The molecule has 8 amide bonds. The van der Waals surface area contributed by atoms with E-state index in [9.17, 15) is 68.1 Å². The van der Waals surface area contributed by atoms with Crippen molar-refractivity contribution >= 4 is 83.0 Å². The fraction of sp³-hybridized carbons (Fsp3) is 0.645. The number of alkyl carbamates (subject to hydrolysis) is 1. The quantitative estimate of drug-likeness (QED) is 0.0167. The molecule has 1 heterocycles. The number of hydrogen-bond acceptors (Lipinski definition) is 35. The maximum absolute atomic E-state index is 15.5. The largest absolute Gasteiger partial charge is 0.509 e. The molecule has 3 fully saturated rings. The Labute approximate surface area is 790 Å². The van der Waals surface area contributed by atoms with Crippen molar-refractivity contribution in [2.24, 2.45) is 22.5 Å². The number of methoxy groups -OCH3 is 2. The van der Waals surface area contributed by atoms with Crippen molar-refractivity contribution in [2.45, 2.75) is 198 Å². The number of anilines is 1. The van der Waals surface area contributed by atoms with Gasteiger partial charge in [0.25, 0.3) is 0 Å². The van der Waals surface area contributed by atoms with Crippen LogP contribution < -0.4 is 43.0 Å². The van der Waals surface area contributed by atoms with Gasteiger partial charge in [0.2, 0.25) is 47.5 Å². The molecule has 2 bridgehead atoms. The molecule has 0 aromatic heterocycles. The van der Waals surface area contributed by atoms with E-state index in [4.69, 9.17) is 95.7 Å². The van der Waals surface area contributed by atoms with E-state index in [0.29, 0.717) is 98.9 Å². The number of aliphatic hydroxyl groups is 3. The molecule has 758 valence electrons. The van der Waals surface area contributed by atoms with Crippen LogP contribution in [-0.2, 0) is 145 Å². The molecule has 3 aromatic rings. The third kappa shape index (κ3) is 34.4. The highest BCUT2D eigenvalue weighted by Crippen LogP contribution is 2.64. The standard InChI is InChI=1S/C93H136N8O35/c1-58-68(53-93(117)80(134-85(113)64-23-17-14-18-24-64)78-91(10,79(108)76(107)74(58)90(93,8)9)69(103)52-70-92(78,57-131-70)135-61(4)102)132-86(114)77(75(63-21-15-13-16-22-63)101-87(115)136-89(5,6)7)133-88(116)130-54-62-26-28-65(29-27-62)98-84(112)67(51-71(94)104)100-82(110)60(3)96-81(109)59(2)97-83(111)66(99-73(106)56-129-50-48-127-46-44-125-42-40-123-38-36-121-34-32-119-12)25-19-20-30-95-72(105)55-128-49-47-126-45-43-124-41-39-122-37-35-120-33-31-118-11/h13-18,21-24,26-29,59-60,66-70,75-78,80,103,107,117H,19-20,25,30-57H2,1-12H3,(H2,94,104)(H,95,105)(H,96,109)(H,97,111)(H,98,112)(H,99,106)(H,100,110)(H,101,115)/t59-,60-,66+,67-,68+,69+,70?,75+,76-,77-,78+,80+,91-,92+,93-/m1/s1. The zero-order chi connectivity index (χ0) is 99.6. The highest BCUT2D eigenvalue weighted by Gasteiger charge is 2.78. The zero-order valence-electron chi connectivity index (χ0n) is 79.4. The van der Waals surface area contributed by atoms with Crippen LogP contribution in [-0.4, -0.2) is 343 Å². The Morgan fingerprint density at radius 2 is 1.09 bits per heavy atom. The highest BCUT2D eigenvalue weighted by atomic mass is 16.7. The van der Waals surface area contributed by atoms with Gasteiger partial charge in [0.15, 0.2) is 11.4 Å². The highest BCUT2D eigenvalue weighted by molar-refractivity contribution is 6.01. The van der Waals surface area contributed by atoms with E-state index in [1.54, 1.807) is 71.4 Å². The van der Waals surface area contributed by atoms with Crippen molar-refractivity contribution < 1.29 is 168 Å². The summed E-state index contributed by atoms with van der Waals surface area (Å²) in [6, 6.07) is 13.4. The second kappa shape index (κ2) is 56.5. The number of primary amides is 1. The average Bonchev–Trinajstić information content (AvgIpc) is 0.667. The van der Waals surface area contributed by atoms with Crippen LogP contribution in [0.5, 0.6) is 0 Å². The Morgan fingerprint density at radius 3 is 1.59 bits per heavy atom.